The maximum atomic E-state index is 13.4. The number of ether oxygens (including phenoxy) is 1. The summed E-state index contributed by atoms with van der Waals surface area (Å²) in [5.74, 6) is 0.624. The zero-order chi connectivity index (χ0) is 21.3. The number of methoxy groups -OCH3 is 1. The fourth-order valence-corrected chi connectivity index (χ4v) is 3.85. The summed E-state index contributed by atoms with van der Waals surface area (Å²) in [6, 6.07) is 21.8. The van der Waals surface area contributed by atoms with Gasteiger partial charge >= 0.3 is 0 Å². The number of hydrogen-bond acceptors (Lipinski definition) is 3. The minimum atomic E-state index is -0.117. The van der Waals surface area contributed by atoms with Gasteiger partial charge in [0.25, 0.3) is 0 Å². The number of carbonyl (C=O) groups is 1. The minimum absolute atomic E-state index is 0.117. The van der Waals surface area contributed by atoms with Crippen molar-refractivity contribution in [2.75, 3.05) is 7.11 Å². The zero-order valence-corrected chi connectivity index (χ0v) is 17.9. The first-order valence-corrected chi connectivity index (χ1v) is 10.0. The average molecular weight is 437 g/mol. The highest BCUT2D eigenvalue weighted by molar-refractivity contribution is 6.36. The van der Waals surface area contributed by atoms with Gasteiger partial charge in [-0.3, -0.25) is 4.79 Å². The quantitative estimate of drug-likeness (QED) is 0.340. The molecule has 1 heterocycles. The Balaban J connectivity index is 1.94. The van der Waals surface area contributed by atoms with Crippen LogP contribution >= 0.6 is 23.2 Å². The summed E-state index contributed by atoms with van der Waals surface area (Å²) in [4.78, 5) is 13.4. The van der Waals surface area contributed by atoms with Gasteiger partial charge in [-0.25, -0.2) is 4.68 Å². The highest BCUT2D eigenvalue weighted by Gasteiger charge is 2.25. The fourth-order valence-electron chi connectivity index (χ4n) is 3.35. The Labute approximate surface area is 184 Å². The normalized spacial score (nSPS) is 10.8. The van der Waals surface area contributed by atoms with Gasteiger partial charge in [0.15, 0.2) is 5.78 Å². The van der Waals surface area contributed by atoms with E-state index in [-0.39, 0.29) is 5.78 Å². The van der Waals surface area contributed by atoms with Gasteiger partial charge in [-0.2, -0.15) is 5.10 Å². The van der Waals surface area contributed by atoms with Gasteiger partial charge < -0.3 is 4.74 Å². The molecule has 0 amide bonds. The Kier molecular flexibility index (Phi) is 5.62. The summed E-state index contributed by atoms with van der Waals surface area (Å²) in [5.41, 5.74) is 3.78. The van der Waals surface area contributed by atoms with Crippen LogP contribution in [0, 0.1) is 6.92 Å². The van der Waals surface area contributed by atoms with Gasteiger partial charge in [-0.15, -0.1) is 0 Å². The smallest absolute Gasteiger partial charge is 0.197 e. The zero-order valence-electron chi connectivity index (χ0n) is 16.4. The van der Waals surface area contributed by atoms with Crippen LogP contribution in [-0.2, 0) is 0 Å². The molecule has 0 radical (unpaired) electrons. The molecule has 0 saturated heterocycles. The summed E-state index contributed by atoms with van der Waals surface area (Å²) in [6.07, 6.45) is 0. The fraction of sp³-hybridized carbons (Fsp3) is 0.0833. The van der Waals surface area contributed by atoms with E-state index in [2.05, 4.69) is 0 Å². The molecule has 4 nitrogen and oxygen atoms in total. The first-order valence-electron chi connectivity index (χ1n) is 9.29. The van der Waals surface area contributed by atoms with Crippen LogP contribution in [0.15, 0.2) is 72.8 Å². The molecule has 0 bridgehead atoms. The first kappa shape index (κ1) is 20.2. The summed E-state index contributed by atoms with van der Waals surface area (Å²) in [6.45, 7) is 1.88. The molecule has 0 aliphatic heterocycles. The second-order valence-corrected chi connectivity index (χ2v) is 7.58. The van der Waals surface area contributed by atoms with Gasteiger partial charge in [0.05, 0.1) is 29.1 Å². The molecule has 0 N–H and O–H groups in total. The van der Waals surface area contributed by atoms with E-state index in [9.17, 15) is 4.79 Å². The maximum Gasteiger partial charge on any atom is 0.197 e. The van der Waals surface area contributed by atoms with Crippen molar-refractivity contribution in [1.82, 2.24) is 9.78 Å². The SMILES string of the molecule is COc1ccc(-n2nc(-c3ccc(Cl)cc3Cl)c(C(=O)c3ccccc3)c2C)cc1. The third-order valence-corrected chi connectivity index (χ3v) is 5.43. The third-order valence-electron chi connectivity index (χ3n) is 4.88. The summed E-state index contributed by atoms with van der Waals surface area (Å²) in [5, 5.41) is 5.72. The van der Waals surface area contributed by atoms with E-state index in [4.69, 9.17) is 33.0 Å². The minimum Gasteiger partial charge on any atom is -0.497 e. The van der Waals surface area contributed by atoms with Crippen LogP contribution < -0.4 is 4.74 Å². The predicted octanol–water partition coefficient (Wildman–Crippen LogP) is 6.39. The van der Waals surface area contributed by atoms with Crippen LogP contribution in [0.1, 0.15) is 21.6 Å². The van der Waals surface area contributed by atoms with Crippen molar-refractivity contribution >= 4 is 29.0 Å². The molecule has 1 aromatic heterocycles. The van der Waals surface area contributed by atoms with Crippen LogP contribution in [-0.4, -0.2) is 22.7 Å². The van der Waals surface area contributed by atoms with Crippen molar-refractivity contribution in [3.63, 3.8) is 0 Å². The van der Waals surface area contributed by atoms with Gasteiger partial charge in [-0.1, -0.05) is 53.5 Å². The largest absolute Gasteiger partial charge is 0.497 e. The molecular weight excluding hydrogens is 419 g/mol. The topological polar surface area (TPSA) is 44.1 Å². The number of hydrogen-bond donors (Lipinski definition) is 0. The lowest BCUT2D eigenvalue weighted by atomic mass is 9.98. The number of nitrogens with zero attached hydrogens (tertiary/aromatic N) is 2. The number of aromatic nitrogens is 2. The van der Waals surface area contributed by atoms with E-state index in [1.807, 2.05) is 49.4 Å². The Morgan fingerprint density at radius 2 is 1.67 bits per heavy atom. The van der Waals surface area contributed by atoms with Crippen LogP contribution in [0.25, 0.3) is 16.9 Å². The lowest BCUT2D eigenvalue weighted by Crippen LogP contribution is -2.05. The monoisotopic (exact) mass is 436 g/mol. The highest BCUT2D eigenvalue weighted by atomic mass is 35.5. The molecule has 4 aromatic rings. The van der Waals surface area contributed by atoms with E-state index in [1.165, 1.54) is 0 Å². The van der Waals surface area contributed by atoms with E-state index < -0.39 is 0 Å². The van der Waals surface area contributed by atoms with Gasteiger partial charge in [0.2, 0.25) is 0 Å². The number of benzene rings is 3. The molecule has 150 valence electrons. The number of ketones is 1. The Morgan fingerprint density at radius 3 is 2.30 bits per heavy atom. The maximum absolute atomic E-state index is 13.4. The molecule has 0 atom stereocenters. The molecule has 0 aliphatic rings. The van der Waals surface area contributed by atoms with E-state index in [0.29, 0.717) is 32.4 Å². The summed E-state index contributed by atoms with van der Waals surface area (Å²) >= 11 is 12.5. The van der Waals surface area contributed by atoms with Crippen molar-refractivity contribution in [3.05, 3.63) is 99.7 Å². The molecular formula is C24H18Cl2N2O2. The number of carbonyl (C=O) groups excluding carboxylic acids is 1. The van der Waals surface area contributed by atoms with Crippen molar-refractivity contribution in [2.45, 2.75) is 6.92 Å². The molecule has 0 fully saturated rings. The summed E-state index contributed by atoms with van der Waals surface area (Å²) < 4.78 is 6.99. The lowest BCUT2D eigenvalue weighted by Gasteiger charge is -2.07. The molecule has 6 heteroatoms. The van der Waals surface area contributed by atoms with E-state index in [0.717, 1.165) is 17.1 Å². The Morgan fingerprint density at radius 1 is 0.967 bits per heavy atom. The second-order valence-electron chi connectivity index (χ2n) is 6.74. The van der Waals surface area contributed by atoms with Crippen LogP contribution in [0.5, 0.6) is 5.75 Å². The second kappa shape index (κ2) is 8.34. The molecule has 0 saturated carbocycles. The first-order chi connectivity index (χ1) is 14.5. The number of halogens is 2. The third kappa shape index (κ3) is 3.72. The van der Waals surface area contributed by atoms with Crippen molar-refractivity contribution in [1.29, 1.82) is 0 Å². The molecule has 0 spiro atoms. The van der Waals surface area contributed by atoms with Crippen LogP contribution in [0.3, 0.4) is 0 Å². The van der Waals surface area contributed by atoms with E-state index in [1.54, 1.807) is 42.1 Å². The lowest BCUT2D eigenvalue weighted by molar-refractivity contribution is 0.103. The van der Waals surface area contributed by atoms with Crippen molar-refractivity contribution in [3.8, 4) is 22.7 Å². The van der Waals surface area contributed by atoms with Crippen LogP contribution in [0.4, 0.5) is 0 Å². The van der Waals surface area contributed by atoms with Crippen molar-refractivity contribution in [2.24, 2.45) is 0 Å². The Hall–Kier alpha value is -3.08. The molecule has 0 unspecified atom stereocenters. The summed E-state index contributed by atoms with van der Waals surface area (Å²) in [7, 11) is 1.62. The Bertz CT molecular complexity index is 1220. The van der Waals surface area contributed by atoms with Gasteiger partial charge in [0, 0.05) is 16.1 Å². The number of rotatable bonds is 5. The predicted molar refractivity (Wildman–Crippen MR) is 120 cm³/mol. The highest BCUT2D eigenvalue weighted by Crippen LogP contribution is 2.35. The van der Waals surface area contributed by atoms with Gasteiger partial charge in [0.1, 0.15) is 11.4 Å². The van der Waals surface area contributed by atoms with Crippen molar-refractivity contribution < 1.29 is 9.53 Å². The average Bonchev–Trinajstić information content (AvgIpc) is 3.10. The standard InChI is InChI=1S/C24H18Cl2N2O2/c1-15-22(24(29)16-6-4-3-5-7-16)23(20-13-8-17(25)14-21(20)26)27-28(15)18-9-11-19(30-2)12-10-18/h3-14H,1-2H3. The molecule has 4 rings (SSSR count). The van der Waals surface area contributed by atoms with E-state index >= 15 is 0 Å². The molecule has 0 aliphatic carbocycles. The molecule has 30 heavy (non-hydrogen) atoms. The molecule has 3 aromatic carbocycles. The van der Waals surface area contributed by atoms with Gasteiger partial charge in [-0.05, 0) is 49.4 Å². The van der Waals surface area contributed by atoms with Crippen LogP contribution in [0.2, 0.25) is 10.0 Å².